The van der Waals surface area contributed by atoms with E-state index in [4.69, 9.17) is 5.73 Å². The summed E-state index contributed by atoms with van der Waals surface area (Å²) in [4.78, 5) is 10.1. The number of primary amides is 1. The number of hydrogen-bond donors (Lipinski definition) is 2. The van der Waals surface area contributed by atoms with E-state index in [-0.39, 0.29) is 57.3 Å². The Hall–Kier alpha value is -1.60. The van der Waals surface area contributed by atoms with Crippen LogP contribution >= 0.6 is 0 Å². The van der Waals surface area contributed by atoms with Crippen LogP contribution in [-0.2, 0) is 10.1 Å². The summed E-state index contributed by atoms with van der Waals surface area (Å²) in [6.07, 6.45) is 0. The first-order valence-electron chi connectivity index (χ1n) is 5.22. The Kier molecular flexibility index (Phi) is 9.14. The predicted molar refractivity (Wildman–Crippen MR) is 74.9 cm³/mol. The molecule has 120 valence electrons. The molecule has 2 aromatic carbocycles. The molecule has 0 saturated carbocycles. The van der Waals surface area contributed by atoms with Gasteiger partial charge in [0.15, 0.2) is 5.75 Å². The van der Waals surface area contributed by atoms with Crippen molar-refractivity contribution in [2.24, 2.45) is 16.0 Å². The second-order valence-electron chi connectivity index (χ2n) is 3.81. The molecule has 2 amide bonds. The summed E-state index contributed by atoms with van der Waals surface area (Å²) in [7, 11) is -4.57. The molecule has 0 bridgehead atoms. The number of phenols is 1. The Morgan fingerprint density at radius 2 is 1.78 bits per heavy atom. The van der Waals surface area contributed by atoms with Crippen LogP contribution in [0.5, 0.6) is 5.75 Å². The molecule has 2 rings (SSSR count). The van der Waals surface area contributed by atoms with Crippen LogP contribution in [0, 0.1) is 0 Å². The van der Waals surface area contributed by atoms with Crippen molar-refractivity contribution in [1.82, 2.24) is 0 Å². The number of azo groups is 1. The molecule has 23 heavy (non-hydrogen) atoms. The fourth-order valence-electron chi connectivity index (χ4n) is 1.62. The Bertz CT molecular complexity index is 839. The fourth-order valence-corrected chi connectivity index (χ4v) is 2.13. The maximum atomic E-state index is 10.9. The number of phenolic OH excluding ortho intramolecular Hbond substituents is 1. The summed E-state index contributed by atoms with van der Waals surface area (Å²) in [6, 6.07) is 5.19. The standard InChI is InChI=1S/C11H9N3O5S.Na.2H2O/c12-11(16)14-13-9-4-1-6-5-7(20(17,18)19)2-3-8(6)10(9)15;;;/h1-5,15H,(H2,12,16)(H,17,18,19);;2*1H2/q;+1;;/p-1. The monoisotopic (exact) mass is 353 g/mol. The summed E-state index contributed by atoms with van der Waals surface area (Å²) in [6.45, 7) is 0. The van der Waals surface area contributed by atoms with Crippen LogP contribution in [0.25, 0.3) is 10.8 Å². The van der Waals surface area contributed by atoms with Gasteiger partial charge < -0.3 is 26.3 Å². The second-order valence-corrected chi connectivity index (χ2v) is 5.19. The van der Waals surface area contributed by atoms with Gasteiger partial charge in [0.25, 0.3) is 0 Å². The average Bonchev–Trinajstić information content (AvgIpc) is 2.36. The summed E-state index contributed by atoms with van der Waals surface area (Å²) in [5.74, 6) is -0.303. The molecule has 0 aliphatic carbocycles. The van der Waals surface area contributed by atoms with Crippen molar-refractivity contribution < 1.29 is 63.4 Å². The number of fused-ring (bicyclic) bond motifs is 1. The van der Waals surface area contributed by atoms with Crippen molar-refractivity contribution in [1.29, 1.82) is 0 Å². The van der Waals surface area contributed by atoms with E-state index in [0.717, 1.165) is 12.1 Å². The maximum absolute atomic E-state index is 10.9. The zero-order valence-electron chi connectivity index (χ0n) is 11.8. The number of carbonyl (C=O) groups is 1. The van der Waals surface area contributed by atoms with Crippen molar-refractivity contribution in [2.45, 2.75) is 4.90 Å². The second kappa shape index (κ2) is 8.88. The van der Waals surface area contributed by atoms with Crippen LogP contribution < -0.4 is 35.3 Å². The third kappa shape index (κ3) is 5.51. The van der Waals surface area contributed by atoms with Gasteiger partial charge in [-0.05, 0) is 29.7 Å². The molecule has 0 aliphatic heterocycles. The van der Waals surface area contributed by atoms with Crippen molar-refractivity contribution in [3.8, 4) is 5.75 Å². The quantitative estimate of drug-likeness (QED) is 0.327. The zero-order chi connectivity index (χ0) is 14.9. The van der Waals surface area contributed by atoms with Crippen molar-refractivity contribution in [3.05, 3.63) is 30.3 Å². The van der Waals surface area contributed by atoms with Gasteiger partial charge in [-0.2, -0.15) is 0 Å². The minimum Gasteiger partial charge on any atom is -0.744 e. The van der Waals surface area contributed by atoms with Gasteiger partial charge in [-0.1, -0.05) is 11.2 Å². The van der Waals surface area contributed by atoms with Crippen molar-refractivity contribution in [2.75, 3.05) is 0 Å². The number of nitrogens with zero attached hydrogens (tertiary/aromatic N) is 2. The minimum atomic E-state index is -4.57. The number of amides is 2. The molecule has 0 spiro atoms. The Morgan fingerprint density at radius 3 is 2.30 bits per heavy atom. The topological polar surface area (TPSA) is 208 Å². The van der Waals surface area contributed by atoms with Crippen LogP contribution in [0.15, 0.2) is 45.5 Å². The van der Waals surface area contributed by atoms with Crippen LogP contribution in [0.2, 0.25) is 0 Å². The molecule has 0 heterocycles. The van der Waals surface area contributed by atoms with Gasteiger partial charge >= 0.3 is 35.6 Å². The summed E-state index contributed by atoms with van der Waals surface area (Å²) in [5, 5.41) is 17.0. The number of benzene rings is 2. The molecule has 10 nitrogen and oxygen atoms in total. The summed E-state index contributed by atoms with van der Waals surface area (Å²) < 4.78 is 32.7. The molecule has 2 aromatic rings. The van der Waals surface area contributed by atoms with E-state index in [9.17, 15) is 22.9 Å². The zero-order valence-corrected chi connectivity index (χ0v) is 14.7. The first-order chi connectivity index (χ1) is 9.29. The molecule has 0 aliphatic rings. The fraction of sp³-hybridized carbons (Fsp3) is 0. The first-order valence-corrected chi connectivity index (χ1v) is 6.62. The van der Waals surface area contributed by atoms with E-state index in [1.54, 1.807) is 0 Å². The molecule has 0 fully saturated rings. The normalized spacial score (nSPS) is 10.5. The number of urea groups is 1. The van der Waals surface area contributed by atoms with Crippen molar-refractivity contribution >= 4 is 32.6 Å². The van der Waals surface area contributed by atoms with Gasteiger partial charge in [0.05, 0.1) is 4.90 Å². The molecule has 0 radical (unpaired) electrons. The molecule has 0 aromatic heterocycles. The van der Waals surface area contributed by atoms with E-state index in [2.05, 4.69) is 10.2 Å². The van der Waals surface area contributed by atoms with Gasteiger partial charge in [-0.15, -0.1) is 5.11 Å². The maximum Gasteiger partial charge on any atom is 1.00 e. The molecule has 0 unspecified atom stereocenters. The summed E-state index contributed by atoms with van der Waals surface area (Å²) in [5.41, 5.74) is 4.78. The van der Waals surface area contributed by atoms with Crippen molar-refractivity contribution in [3.63, 3.8) is 0 Å². The first kappa shape index (κ1) is 23.7. The molecule has 0 atom stereocenters. The molecule has 0 saturated heterocycles. The third-order valence-electron chi connectivity index (χ3n) is 2.49. The van der Waals surface area contributed by atoms with E-state index in [1.807, 2.05) is 0 Å². The molecular weight excluding hydrogens is 341 g/mol. The Balaban J connectivity index is 0. The minimum absolute atomic E-state index is 0. The smallest absolute Gasteiger partial charge is 0.744 e. The van der Waals surface area contributed by atoms with Gasteiger partial charge in [-0.25, -0.2) is 13.2 Å². The van der Waals surface area contributed by atoms with Crippen LogP contribution in [0.1, 0.15) is 0 Å². The van der Waals surface area contributed by atoms with Gasteiger partial charge in [0.2, 0.25) is 0 Å². The number of carbonyl (C=O) groups excluding carboxylic acids is 1. The number of rotatable bonds is 2. The SMILES string of the molecule is NC(=O)N=Nc1ccc2cc(S(=O)(=O)[O-])ccc2c1O.O.O.[Na+]. The number of aromatic hydroxyl groups is 1. The largest absolute Gasteiger partial charge is 1.00 e. The summed E-state index contributed by atoms with van der Waals surface area (Å²) >= 11 is 0. The van der Waals surface area contributed by atoms with Gasteiger partial charge in [-0.3, -0.25) is 0 Å². The van der Waals surface area contributed by atoms with E-state index < -0.39 is 21.0 Å². The van der Waals surface area contributed by atoms with Crippen LogP contribution in [0.4, 0.5) is 10.5 Å². The van der Waals surface area contributed by atoms with E-state index >= 15 is 0 Å². The van der Waals surface area contributed by atoms with Gasteiger partial charge in [0, 0.05) is 5.39 Å². The van der Waals surface area contributed by atoms with Crippen LogP contribution in [0.3, 0.4) is 0 Å². The molecule has 12 heteroatoms. The number of nitrogens with two attached hydrogens (primary N) is 1. The van der Waals surface area contributed by atoms with Gasteiger partial charge in [0.1, 0.15) is 15.8 Å². The van der Waals surface area contributed by atoms with E-state index in [0.29, 0.717) is 5.39 Å². The van der Waals surface area contributed by atoms with E-state index in [1.165, 1.54) is 18.2 Å². The number of hydrogen-bond acceptors (Lipinski definition) is 6. The van der Waals surface area contributed by atoms with Crippen LogP contribution in [-0.4, -0.2) is 35.1 Å². The molecule has 7 N–H and O–H groups in total. The molecular formula is C11H12N3NaO7S. The third-order valence-corrected chi connectivity index (χ3v) is 3.32. The Morgan fingerprint density at radius 1 is 1.17 bits per heavy atom. The average molecular weight is 353 g/mol. The predicted octanol–water partition coefficient (Wildman–Crippen LogP) is -3.03. The Labute approximate surface area is 152 Å².